The van der Waals surface area contributed by atoms with Crippen molar-refractivity contribution in [2.24, 2.45) is 0 Å². The lowest BCUT2D eigenvalue weighted by Gasteiger charge is -2.22. The fourth-order valence-electron chi connectivity index (χ4n) is 2.69. The van der Waals surface area contributed by atoms with E-state index in [1.807, 2.05) is 28.6 Å². The van der Waals surface area contributed by atoms with Crippen LogP contribution in [0.1, 0.15) is 28.1 Å². The van der Waals surface area contributed by atoms with Crippen molar-refractivity contribution >= 4 is 28.1 Å². The molecular weight excluding hydrogens is 280 g/mol. The van der Waals surface area contributed by atoms with Crippen molar-refractivity contribution in [2.45, 2.75) is 25.4 Å². The highest BCUT2D eigenvalue weighted by Gasteiger charge is 2.33. The van der Waals surface area contributed by atoms with Gasteiger partial charge in [-0.1, -0.05) is 12.1 Å². The van der Waals surface area contributed by atoms with E-state index in [-0.39, 0.29) is 5.91 Å². The number of amides is 1. The number of nitrogens with zero attached hydrogens (tertiary/aromatic N) is 1. The predicted molar refractivity (Wildman–Crippen MR) is 85.5 cm³/mol. The molecule has 0 aliphatic heterocycles. The smallest absolute Gasteiger partial charge is 0.264 e. The summed E-state index contributed by atoms with van der Waals surface area (Å²) < 4.78 is 0. The van der Waals surface area contributed by atoms with E-state index in [2.05, 4.69) is 29.2 Å². The van der Waals surface area contributed by atoms with Gasteiger partial charge in [0, 0.05) is 24.3 Å². The minimum absolute atomic E-state index is 0.168. The van der Waals surface area contributed by atoms with Crippen LogP contribution in [0, 0.1) is 0 Å². The van der Waals surface area contributed by atoms with Crippen LogP contribution in [0.15, 0.2) is 48.0 Å². The van der Waals surface area contributed by atoms with E-state index in [0.717, 1.165) is 23.2 Å². The molecule has 106 valence electrons. The Labute approximate surface area is 127 Å². The lowest BCUT2D eigenvalue weighted by molar-refractivity contribution is 0.0735. The zero-order valence-electron chi connectivity index (χ0n) is 11.6. The lowest BCUT2D eigenvalue weighted by atomic mass is 10.1. The molecule has 0 atom stereocenters. The Morgan fingerprint density at radius 3 is 2.95 bits per heavy atom. The van der Waals surface area contributed by atoms with Gasteiger partial charge in [0.05, 0.1) is 4.88 Å². The van der Waals surface area contributed by atoms with Crippen LogP contribution in [0.2, 0.25) is 0 Å². The highest BCUT2D eigenvalue weighted by molar-refractivity contribution is 7.12. The van der Waals surface area contributed by atoms with E-state index in [1.165, 1.54) is 22.3 Å². The number of thiophene rings is 1. The van der Waals surface area contributed by atoms with E-state index < -0.39 is 0 Å². The van der Waals surface area contributed by atoms with Gasteiger partial charge in [-0.15, -0.1) is 11.3 Å². The molecule has 1 N–H and O–H groups in total. The number of carbonyl (C=O) groups is 1. The van der Waals surface area contributed by atoms with Crippen LogP contribution in [0.3, 0.4) is 0 Å². The zero-order valence-corrected chi connectivity index (χ0v) is 12.4. The second-order valence-corrected chi connectivity index (χ2v) is 6.49. The fraction of sp³-hybridized carbons (Fsp3) is 0.235. The third kappa shape index (κ3) is 2.47. The highest BCUT2D eigenvalue weighted by atomic mass is 32.1. The van der Waals surface area contributed by atoms with Gasteiger partial charge < -0.3 is 9.88 Å². The number of carbonyl (C=O) groups excluding carboxylic acids is 1. The third-order valence-corrected chi connectivity index (χ3v) is 4.81. The number of rotatable bonds is 4. The Morgan fingerprint density at radius 2 is 2.19 bits per heavy atom. The normalized spacial score (nSPS) is 14.5. The van der Waals surface area contributed by atoms with Crippen LogP contribution in [0.4, 0.5) is 0 Å². The van der Waals surface area contributed by atoms with Gasteiger partial charge in [-0.05, 0) is 53.4 Å². The Morgan fingerprint density at radius 1 is 1.29 bits per heavy atom. The minimum atomic E-state index is 0.168. The summed E-state index contributed by atoms with van der Waals surface area (Å²) >= 11 is 1.52. The molecule has 21 heavy (non-hydrogen) atoms. The maximum absolute atomic E-state index is 12.6. The summed E-state index contributed by atoms with van der Waals surface area (Å²) in [5, 5.41) is 3.16. The second kappa shape index (κ2) is 5.04. The first-order valence-electron chi connectivity index (χ1n) is 7.22. The molecule has 4 rings (SSSR count). The van der Waals surface area contributed by atoms with E-state index in [0.29, 0.717) is 12.6 Å². The van der Waals surface area contributed by atoms with Crippen LogP contribution >= 0.6 is 11.3 Å². The molecule has 1 aromatic carbocycles. The SMILES string of the molecule is O=C(c1cccs1)N(Cc1ccc2[nH]ccc2c1)C1CC1. The molecule has 4 heteroatoms. The summed E-state index contributed by atoms with van der Waals surface area (Å²) in [4.78, 5) is 18.7. The molecule has 1 fully saturated rings. The number of benzene rings is 1. The number of aromatic nitrogens is 1. The number of hydrogen-bond donors (Lipinski definition) is 1. The number of aromatic amines is 1. The lowest BCUT2D eigenvalue weighted by Crippen LogP contribution is -2.32. The van der Waals surface area contributed by atoms with Crippen molar-refractivity contribution < 1.29 is 4.79 Å². The van der Waals surface area contributed by atoms with Crippen molar-refractivity contribution in [2.75, 3.05) is 0 Å². The molecule has 1 aliphatic rings. The molecule has 3 nitrogen and oxygen atoms in total. The first-order valence-corrected chi connectivity index (χ1v) is 8.10. The van der Waals surface area contributed by atoms with E-state index in [9.17, 15) is 4.79 Å². The van der Waals surface area contributed by atoms with Gasteiger partial charge in [0.2, 0.25) is 0 Å². The van der Waals surface area contributed by atoms with Crippen molar-refractivity contribution in [1.82, 2.24) is 9.88 Å². The van der Waals surface area contributed by atoms with Crippen LogP contribution in [-0.2, 0) is 6.54 Å². The van der Waals surface area contributed by atoms with Gasteiger partial charge >= 0.3 is 0 Å². The number of hydrogen-bond acceptors (Lipinski definition) is 2. The predicted octanol–water partition coefficient (Wildman–Crippen LogP) is 4.03. The van der Waals surface area contributed by atoms with Gasteiger partial charge in [0.25, 0.3) is 5.91 Å². The van der Waals surface area contributed by atoms with Crippen molar-refractivity contribution in [3.63, 3.8) is 0 Å². The highest BCUT2D eigenvalue weighted by Crippen LogP contribution is 2.31. The molecule has 1 saturated carbocycles. The van der Waals surface area contributed by atoms with Gasteiger partial charge in [-0.25, -0.2) is 0 Å². The average molecular weight is 296 g/mol. The monoisotopic (exact) mass is 296 g/mol. The van der Waals surface area contributed by atoms with E-state index >= 15 is 0 Å². The second-order valence-electron chi connectivity index (χ2n) is 5.54. The molecule has 0 bridgehead atoms. The van der Waals surface area contributed by atoms with Crippen molar-refractivity contribution in [1.29, 1.82) is 0 Å². The summed E-state index contributed by atoms with van der Waals surface area (Å²) in [7, 11) is 0. The van der Waals surface area contributed by atoms with Gasteiger partial charge in [0.15, 0.2) is 0 Å². The molecule has 2 heterocycles. The molecule has 1 amide bonds. The van der Waals surface area contributed by atoms with Crippen molar-refractivity contribution in [3.05, 3.63) is 58.4 Å². The van der Waals surface area contributed by atoms with Crippen LogP contribution < -0.4 is 0 Å². The zero-order chi connectivity index (χ0) is 14.2. The number of fused-ring (bicyclic) bond motifs is 1. The first kappa shape index (κ1) is 12.7. The van der Waals surface area contributed by atoms with Crippen LogP contribution in [0.25, 0.3) is 10.9 Å². The standard InChI is InChI=1S/C17H16N2OS/c20-17(16-2-1-9-21-16)19(14-4-5-14)11-12-3-6-15-13(10-12)7-8-18-15/h1-3,6-10,14,18H,4-5,11H2. The topological polar surface area (TPSA) is 36.1 Å². The number of H-pyrrole nitrogens is 1. The number of nitrogens with one attached hydrogen (secondary N) is 1. The van der Waals surface area contributed by atoms with E-state index in [1.54, 1.807) is 0 Å². The quantitative estimate of drug-likeness (QED) is 0.775. The van der Waals surface area contributed by atoms with Gasteiger partial charge in [-0.2, -0.15) is 0 Å². The minimum Gasteiger partial charge on any atom is -0.361 e. The molecule has 2 aromatic heterocycles. The van der Waals surface area contributed by atoms with Gasteiger partial charge in [-0.3, -0.25) is 4.79 Å². The molecule has 0 spiro atoms. The summed E-state index contributed by atoms with van der Waals surface area (Å²) in [5.74, 6) is 0.168. The Bertz CT molecular complexity index is 771. The molecular formula is C17H16N2OS. The largest absolute Gasteiger partial charge is 0.361 e. The van der Waals surface area contributed by atoms with Crippen LogP contribution in [-0.4, -0.2) is 21.8 Å². The maximum Gasteiger partial charge on any atom is 0.264 e. The van der Waals surface area contributed by atoms with Crippen LogP contribution in [0.5, 0.6) is 0 Å². The Hall–Kier alpha value is -2.07. The first-order chi connectivity index (χ1) is 10.3. The average Bonchev–Trinajstić information content (AvgIpc) is 3.02. The molecule has 3 aromatic rings. The molecule has 0 radical (unpaired) electrons. The summed E-state index contributed by atoms with van der Waals surface area (Å²) in [6, 6.07) is 12.7. The van der Waals surface area contributed by atoms with Crippen molar-refractivity contribution in [3.8, 4) is 0 Å². The summed E-state index contributed by atoms with van der Waals surface area (Å²) in [5.41, 5.74) is 2.33. The Balaban J connectivity index is 1.61. The molecule has 1 aliphatic carbocycles. The molecule has 0 unspecified atom stereocenters. The third-order valence-electron chi connectivity index (χ3n) is 3.95. The maximum atomic E-state index is 12.6. The molecule has 0 saturated heterocycles. The fourth-order valence-corrected chi connectivity index (χ4v) is 3.37. The summed E-state index contributed by atoms with van der Waals surface area (Å²) in [6.45, 7) is 0.697. The Kier molecular flexibility index (Phi) is 3.04. The van der Waals surface area contributed by atoms with E-state index in [4.69, 9.17) is 0 Å². The summed E-state index contributed by atoms with van der Waals surface area (Å²) in [6.07, 6.45) is 4.21. The van der Waals surface area contributed by atoms with Gasteiger partial charge in [0.1, 0.15) is 0 Å².